The lowest BCUT2D eigenvalue weighted by Crippen LogP contribution is -2.36. The minimum atomic E-state index is -3.61. The first-order valence-electron chi connectivity index (χ1n) is 8.76. The van der Waals surface area contributed by atoms with Crippen LogP contribution >= 0.6 is 0 Å². The van der Waals surface area contributed by atoms with Gasteiger partial charge in [-0.2, -0.15) is 0 Å². The second-order valence-corrected chi connectivity index (χ2v) is 8.90. The molecule has 0 unspecified atom stereocenters. The maximum atomic E-state index is 12.4. The molecule has 6 nitrogen and oxygen atoms in total. The molecule has 25 heavy (non-hydrogen) atoms. The Bertz CT molecular complexity index is 714. The van der Waals surface area contributed by atoms with E-state index in [-0.39, 0.29) is 17.3 Å². The summed E-state index contributed by atoms with van der Waals surface area (Å²) < 4.78 is 27.3. The molecule has 2 N–H and O–H groups in total. The molecule has 0 spiro atoms. The van der Waals surface area contributed by atoms with E-state index in [4.69, 9.17) is 0 Å². The molecule has 2 rings (SSSR count). The first-order valence-corrected chi connectivity index (χ1v) is 10.2. The number of benzene rings is 1. The fourth-order valence-electron chi connectivity index (χ4n) is 2.88. The Balaban J connectivity index is 2.12. The lowest BCUT2D eigenvalue weighted by atomic mass is 9.99. The minimum Gasteiger partial charge on any atom is -0.393 e. The van der Waals surface area contributed by atoms with E-state index >= 15 is 0 Å². The maximum absolute atomic E-state index is 12.4. The maximum Gasteiger partial charge on any atom is 0.240 e. The van der Waals surface area contributed by atoms with Gasteiger partial charge in [-0.15, -0.1) is 0 Å². The van der Waals surface area contributed by atoms with Crippen LogP contribution in [0.3, 0.4) is 0 Å². The van der Waals surface area contributed by atoms with Crippen LogP contribution in [0.1, 0.15) is 44.7 Å². The zero-order valence-electron chi connectivity index (χ0n) is 15.2. The van der Waals surface area contributed by atoms with Gasteiger partial charge >= 0.3 is 0 Å². The summed E-state index contributed by atoms with van der Waals surface area (Å²) >= 11 is 0. The van der Waals surface area contributed by atoms with Crippen molar-refractivity contribution in [2.45, 2.75) is 57.6 Å². The number of fused-ring (bicyclic) bond motifs is 1. The van der Waals surface area contributed by atoms with E-state index in [9.17, 15) is 18.3 Å². The Labute approximate surface area is 150 Å². The van der Waals surface area contributed by atoms with Crippen LogP contribution in [-0.2, 0) is 27.8 Å². The van der Waals surface area contributed by atoms with Crippen LogP contribution in [0.4, 0.5) is 0 Å². The third kappa shape index (κ3) is 5.52. The van der Waals surface area contributed by atoms with Crippen LogP contribution in [0.5, 0.6) is 0 Å². The first-order chi connectivity index (χ1) is 11.7. The molecule has 0 saturated heterocycles. The van der Waals surface area contributed by atoms with Crippen molar-refractivity contribution in [1.29, 1.82) is 0 Å². The van der Waals surface area contributed by atoms with Gasteiger partial charge in [0.15, 0.2) is 0 Å². The summed E-state index contributed by atoms with van der Waals surface area (Å²) in [4.78, 5) is 14.3. The summed E-state index contributed by atoms with van der Waals surface area (Å²) in [5.74, 6) is 0.419. The standard InChI is InChI=1S/C18H28N2O4S/c1-13(2)10-18(22)20-9-7-15-4-5-17(11-16(15)12-20)25(23,24)19-8-6-14(3)21/h4-5,11,13-14,19,21H,6-10,12H2,1-3H3/t14-/m0/s1. The van der Waals surface area contributed by atoms with Gasteiger partial charge in [0, 0.05) is 26.1 Å². The highest BCUT2D eigenvalue weighted by Crippen LogP contribution is 2.23. The van der Waals surface area contributed by atoms with Gasteiger partial charge in [0.05, 0.1) is 11.0 Å². The third-order valence-corrected chi connectivity index (χ3v) is 5.75. The van der Waals surface area contributed by atoms with E-state index in [1.54, 1.807) is 24.0 Å². The minimum absolute atomic E-state index is 0.115. The van der Waals surface area contributed by atoms with Gasteiger partial charge in [-0.25, -0.2) is 13.1 Å². The highest BCUT2D eigenvalue weighted by atomic mass is 32.2. The van der Waals surface area contributed by atoms with Gasteiger partial charge in [-0.05, 0) is 48.9 Å². The molecule has 0 aliphatic carbocycles. The highest BCUT2D eigenvalue weighted by molar-refractivity contribution is 7.89. The Hall–Kier alpha value is -1.44. The predicted octanol–water partition coefficient (Wildman–Crippen LogP) is 1.67. The number of amides is 1. The number of carbonyl (C=O) groups is 1. The van der Waals surface area contributed by atoms with Crippen molar-refractivity contribution in [1.82, 2.24) is 9.62 Å². The number of rotatable bonds is 7. The molecule has 0 aromatic heterocycles. The number of hydrogen-bond donors (Lipinski definition) is 2. The van der Waals surface area contributed by atoms with E-state index in [0.29, 0.717) is 31.8 Å². The van der Waals surface area contributed by atoms with Crippen molar-refractivity contribution in [2.24, 2.45) is 5.92 Å². The number of aliphatic hydroxyl groups excluding tert-OH is 1. The lowest BCUT2D eigenvalue weighted by molar-refractivity contribution is -0.132. The zero-order valence-corrected chi connectivity index (χ0v) is 16.0. The van der Waals surface area contributed by atoms with E-state index in [2.05, 4.69) is 4.72 Å². The van der Waals surface area contributed by atoms with E-state index < -0.39 is 16.1 Å². The summed E-state index contributed by atoms with van der Waals surface area (Å²) in [5.41, 5.74) is 1.98. The summed E-state index contributed by atoms with van der Waals surface area (Å²) in [6.07, 6.45) is 1.07. The van der Waals surface area contributed by atoms with Crippen LogP contribution in [0.2, 0.25) is 0 Å². The van der Waals surface area contributed by atoms with Crippen molar-refractivity contribution < 1.29 is 18.3 Å². The number of hydrogen-bond acceptors (Lipinski definition) is 4. The molecule has 1 aromatic rings. The van der Waals surface area contributed by atoms with Crippen molar-refractivity contribution >= 4 is 15.9 Å². The van der Waals surface area contributed by atoms with Crippen LogP contribution in [-0.4, -0.2) is 43.5 Å². The molecule has 1 aliphatic rings. The Morgan fingerprint density at radius 1 is 1.28 bits per heavy atom. The number of nitrogens with one attached hydrogen (secondary N) is 1. The number of nitrogens with zero attached hydrogens (tertiary/aromatic N) is 1. The molecule has 1 amide bonds. The number of carbonyl (C=O) groups excluding carboxylic acids is 1. The highest BCUT2D eigenvalue weighted by Gasteiger charge is 2.23. The molecule has 7 heteroatoms. The predicted molar refractivity (Wildman–Crippen MR) is 96.5 cm³/mol. The van der Waals surface area contributed by atoms with Gasteiger partial charge in [0.25, 0.3) is 0 Å². The molecular formula is C18H28N2O4S. The lowest BCUT2D eigenvalue weighted by Gasteiger charge is -2.30. The van der Waals surface area contributed by atoms with Crippen molar-refractivity contribution in [3.8, 4) is 0 Å². The van der Waals surface area contributed by atoms with Crippen LogP contribution in [0.15, 0.2) is 23.1 Å². The van der Waals surface area contributed by atoms with Crippen LogP contribution in [0, 0.1) is 5.92 Å². The zero-order chi connectivity index (χ0) is 18.6. The molecule has 1 heterocycles. The molecule has 0 bridgehead atoms. The van der Waals surface area contributed by atoms with E-state index in [0.717, 1.165) is 17.5 Å². The first kappa shape index (κ1) is 19.9. The molecule has 1 atom stereocenters. The van der Waals surface area contributed by atoms with E-state index in [1.165, 1.54) is 0 Å². The van der Waals surface area contributed by atoms with Crippen molar-refractivity contribution in [3.05, 3.63) is 29.3 Å². The summed E-state index contributed by atoms with van der Waals surface area (Å²) in [6.45, 7) is 6.97. The molecule has 0 saturated carbocycles. The second kappa shape index (κ2) is 8.29. The van der Waals surface area contributed by atoms with E-state index in [1.807, 2.05) is 19.9 Å². The summed E-state index contributed by atoms with van der Waals surface area (Å²) in [7, 11) is -3.61. The largest absolute Gasteiger partial charge is 0.393 e. The van der Waals surface area contributed by atoms with Gasteiger partial charge in [-0.1, -0.05) is 19.9 Å². The summed E-state index contributed by atoms with van der Waals surface area (Å²) in [6, 6.07) is 5.10. The Morgan fingerprint density at radius 2 is 2.00 bits per heavy atom. The SMILES string of the molecule is CC(C)CC(=O)N1CCc2ccc(S(=O)(=O)NCC[C@H](C)O)cc2C1. The van der Waals surface area contributed by atoms with Crippen LogP contribution in [0.25, 0.3) is 0 Å². The smallest absolute Gasteiger partial charge is 0.240 e. The summed E-state index contributed by atoms with van der Waals surface area (Å²) in [5, 5.41) is 9.25. The molecule has 1 aliphatic heterocycles. The van der Waals surface area contributed by atoms with Crippen molar-refractivity contribution in [2.75, 3.05) is 13.1 Å². The normalized spacial score (nSPS) is 16.0. The fourth-order valence-corrected chi connectivity index (χ4v) is 3.98. The number of sulfonamides is 1. The topological polar surface area (TPSA) is 86.7 Å². The van der Waals surface area contributed by atoms with Gasteiger partial charge in [-0.3, -0.25) is 4.79 Å². The molecule has 1 aromatic carbocycles. The Kier molecular flexibility index (Phi) is 6.59. The molecule has 0 radical (unpaired) electrons. The van der Waals surface area contributed by atoms with Crippen LogP contribution < -0.4 is 4.72 Å². The van der Waals surface area contributed by atoms with Gasteiger partial charge in [0.1, 0.15) is 0 Å². The molecule has 0 fully saturated rings. The van der Waals surface area contributed by atoms with Gasteiger partial charge < -0.3 is 10.0 Å². The average Bonchev–Trinajstić information content (AvgIpc) is 2.52. The van der Waals surface area contributed by atoms with Crippen molar-refractivity contribution in [3.63, 3.8) is 0 Å². The quantitative estimate of drug-likeness (QED) is 0.766. The molecular weight excluding hydrogens is 340 g/mol. The molecule has 140 valence electrons. The fraction of sp³-hybridized carbons (Fsp3) is 0.611. The average molecular weight is 368 g/mol. The monoisotopic (exact) mass is 368 g/mol. The second-order valence-electron chi connectivity index (χ2n) is 7.13. The number of aliphatic hydroxyl groups is 1. The van der Waals surface area contributed by atoms with Gasteiger partial charge in [0.2, 0.25) is 15.9 Å². The Morgan fingerprint density at radius 3 is 2.64 bits per heavy atom. The third-order valence-electron chi connectivity index (χ3n) is 4.29.